The van der Waals surface area contributed by atoms with E-state index in [1.165, 1.54) is 12.1 Å². The molecule has 1 saturated carbocycles. The maximum atomic E-state index is 12.6. The van der Waals surface area contributed by atoms with E-state index in [1.54, 1.807) is 18.2 Å². The van der Waals surface area contributed by atoms with E-state index in [0.717, 1.165) is 31.4 Å². The van der Waals surface area contributed by atoms with Crippen molar-refractivity contribution in [2.24, 2.45) is 0 Å². The van der Waals surface area contributed by atoms with E-state index in [2.05, 4.69) is 5.43 Å². The highest BCUT2D eigenvalue weighted by Crippen LogP contribution is 2.31. The summed E-state index contributed by atoms with van der Waals surface area (Å²) in [5.41, 5.74) is 2.15. The van der Waals surface area contributed by atoms with Gasteiger partial charge in [0, 0.05) is 0 Å². The molecule has 0 amide bonds. The Labute approximate surface area is 147 Å². The molecule has 1 aliphatic heterocycles. The predicted octanol–water partition coefficient (Wildman–Crippen LogP) is 2.21. The lowest BCUT2D eigenvalue weighted by Crippen LogP contribution is -2.41. The van der Waals surface area contributed by atoms with Gasteiger partial charge in [0.1, 0.15) is 5.03 Å². The van der Waals surface area contributed by atoms with Gasteiger partial charge in [0.2, 0.25) is 9.84 Å². The maximum absolute atomic E-state index is 12.6. The number of nitrogens with zero attached hydrogens (tertiary/aromatic N) is 1. The molecule has 1 aromatic rings. The number of rotatable bonds is 4. The summed E-state index contributed by atoms with van der Waals surface area (Å²) >= 11 is 0. The van der Waals surface area contributed by atoms with E-state index in [1.807, 2.05) is 0 Å². The molecule has 7 nitrogen and oxygen atoms in total. The Balaban J connectivity index is 1.93. The van der Waals surface area contributed by atoms with Crippen molar-refractivity contribution >= 4 is 19.7 Å². The molecule has 1 aliphatic carbocycles. The lowest BCUT2D eigenvalue weighted by Gasteiger charge is -2.38. The molecular formula is C16H19N2O5S2-. The molecule has 2 aliphatic rings. The van der Waals surface area contributed by atoms with Gasteiger partial charge in [-0.05, 0) is 37.1 Å². The third-order valence-electron chi connectivity index (χ3n) is 4.41. The first-order valence-electron chi connectivity index (χ1n) is 8.03. The third kappa shape index (κ3) is 3.44. The quantitative estimate of drug-likeness (QED) is 0.849. The van der Waals surface area contributed by atoms with E-state index < -0.39 is 30.0 Å². The monoisotopic (exact) mass is 383 g/mol. The molecule has 1 N–H and O–H groups in total. The molecule has 0 spiro atoms. The van der Waals surface area contributed by atoms with Gasteiger partial charge >= 0.3 is 0 Å². The van der Waals surface area contributed by atoms with Crippen LogP contribution in [0.4, 0.5) is 0 Å². The Hall–Kier alpha value is -1.84. The molecule has 1 heterocycles. The molecule has 1 aromatic carbocycles. The summed E-state index contributed by atoms with van der Waals surface area (Å²) in [5.74, 6) is 0. The number of hydrogen-bond acceptors (Lipinski definition) is 7. The smallest absolute Gasteiger partial charge is 0.223 e. The standard InChI is InChI=1S/C16H19N2O5S2/c19-18-16(25(22,23)14-9-5-2-6-10-14)12-11-15(17-18)24(20,21)13-7-3-1-4-8-13/h1,3-4,7-8,11-12,14,17H,2,5-6,9-10H2/q-1. The average molecular weight is 383 g/mol. The lowest BCUT2D eigenvalue weighted by molar-refractivity contribution is 0.396. The molecule has 0 radical (unpaired) electrons. The second-order valence-electron chi connectivity index (χ2n) is 6.06. The number of allylic oxidation sites excluding steroid dienone is 2. The number of hydroxylamine groups is 1. The number of benzene rings is 1. The van der Waals surface area contributed by atoms with Crippen molar-refractivity contribution in [3.05, 3.63) is 57.7 Å². The Morgan fingerprint density at radius 2 is 1.60 bits per heavy atom. The zero-order valence-corrected chi connectivity index (χ0v) is 15.1. The third-order valence-corrected chi connectivity index (χ3v) is 8.35. The highest BCUT2D eigenvalue weighted by Gasteiger charge is 2.34. The zero-order chi connectivity index (χ0) is 18.1. The van der Waals surface area contributed by atoms with Gasteiger partial charge in [0.25, 0.3) is 0 Å². The van der Waals surface area contributed by atoms with Gasteiger partial charge in [0.15, 0.2) is 14.9 Å². The van der Waals surface area contributed by atoms with Crippen LogP contribution in [-0.4, -0.2) is 27.3 Å². The van der Waals surface area contributed by atoms with Crippen LogP contribution in [0.15, 0.2) is 57.4 Å². The number of hydrogen-bond donors (Lipinski definition) is 1. The minimum atomic E-state index is -3.92. The van der Waals surface area contributed by atoms with Crippen LogP contribution in [-0.2, 0) is 19.7 Å². The van der Waals surface area contributed by atoms with Crippen molar-refractivity contribution in [2.75, 3.05) is 0 Å². The van der Waals surface area contributed by atoms with Crippen LogP contribution in [0, 0.1) is 5.21 Å². The summed E-state index contributed by atoms with van der Waals surface area (Å²) < 4.78 is 50.3. The van der Waals surface area contributed by atoms with Gasteiger partial charge in [0.05, 0.1) is 10.1 Å². The van der Waals surface area contributed by atoms with Crippen LogP contribution >= 0.6 is 0 Å². The number of hydrazine groups is 1. The molecule has 136 valence electrons. The first-order valence-corrected chi connectivity index (χ1v) is 11.1. The Morgan fingerprint density at radius 3 is 2.20 bits per heavy atom. The van der Waals surface area contributed by atoms with Gasteiger partial charge in [-0.1, -0.05) is 37.5 Å². The van der Waals surface area contributed by atoms with Crippen LogP contribution in [0.25, 0.3) is 0 Å². The fourth-order valence-corrected chi connectivity index (χ4v) is 6.09. The molecule has 0 saturated heterocycles. The summed E-state index contributed by atoms with van der Waals surface area (Å²) in [7, 11) is -7.72. The summed E-state index contributed by atoms with van der Waals surface area (Å²) in [6.07, 6.45) is 5.86. The van der Waals surface area contributed by atoms with Crippen LogP contribution in [0.3, 0.4) is 0 Å². The van der Waals surface area contributed by atoms with E-state index in [4.69, 9.17) is 0 Å². The minimum absolute atomic E-state index is 0.0223. The fourth-order valence-electron chi connectivity index (χ4n) is 3.04. The summed E-state index contributed by atoms with van der Waals surface area (Å²) in [5, 5.41) is 10.9. The molecule has 0 aromatic heterocycles. The van der Waals surface area contributed by atoms with Crippen LogP contribution in [0.5, 0.6) is 0 Å². The highest BCUT2D eigenvalue weighted by molar-refractivity contribution is 7.96. The van der Waals surface area contributed by atoms with Crippen molar-refractivity contribution in [3.8, 4) is 0 Å². The molecule has 3 rings (SSSR count). The number of sulfone groups is 2. The normalized spacial score (nSPS) is 19.8. The van der Waals surface area contributed by atoms with E-state index in [9.17, 15) is 22.0 Å². The Morgan fingerprint density at radius 1 is 0.960 bits per heavy atom. The molecule has 0 unspecified atom stereocenters. The SMILES string of the molecule is O=S(=O)(C1=CC=C(S(=O)(=O)C2CCCCC2)N([O-])N1)c1ccccc1. The van der Waals surface area contributed by atoms with Gasteiger partial charge < -0.3 is 10.4 Å². The van der Waals surface area contributed by atoms with E-state index in [-0.39, 0.29) is 15.1 Å². The van der Waals surface area contributed by atoms with Gasteiger partial charge in [-0.2, -0.15) is 0 Å². The molecule has 0 bridgehead atoms. The van der Waals surface area contributed by atoms with Crippen molar-refractivity contribution in [1.29, 1.82) is 0 Å². The van der Waals surface area contributed by atoms with Gasteiger partial charge in [-0.15, -0.1) is 0 Å². The molecule has 1 fully saturated rings. The van der Waals surface area contributed by atoms with Crippen LogP contribution in [0.1, 0.15) is 32.1 Å². The second-order valence-corrected chi connectivity index (χ2v) is 10.2. The maximum Gasteiger partial charge on any atom is 0.223 e. The fraction of sp³-hybridized carbons (Fsp3) is 0.375. The first kappa shape index (κ1) is 18.0. The second kappa shape index (κ2) is 6.81. The van der Waals surface area contributed by atoms with Crippen LogP contribution < -0.4 is 5.43 Å². The molecule has 0 atom stereocenters. The van der Waals surface area contributed by atoms with Crippen molar-refractivity contribution in [1.82, 2.24) is 10.6 Å². The van der Waals surface area contributed by atoms with Crippen LogP contribution in [0.2, 0.25) is 0 Å². The predicted molar refractivity (Wildman–Crippen MR) is 93.9 cm³/mol. The summed E-state index contributed by atoms with van der Waals surface area (Å²) in [6.45, 7) is 0. The van der Waals surface area contributed by atoms with Crippen molar-refractivity contribution < 1.29 is 16.8 Å². The topological polar surface area (TPSA) is 107 Å². The van der Waals surface area contributed by atoms with E-state index in [0.29, 0.717) is 12.8 Å². The van der Waals surface area contributed by atoms with E-state index >= 15 is 0 Å². The lowest BCUT2D eigenvalue weighted by atomic mass is 10.0. The Bertz CT molecular complexity index is 899. The summed E-state index contributed by atoms with van der Waals surface area (Å²) in [4.78, 5) is 0.0223. The Kier molecular flexibility index (Phi) is 4.90. The number of nitrogens with one attached hydrogen (secondary N) is 1. The van der Waals surface area contributed by atoms with Gasteiger partial charge in [-0.3, -0.25) is 5.43 Å². The zero-order valence-electron chi connectivity index (χ0n) is 13.5. The summed E-state index contributed by atoms with van der Waals surface area (Å²) in [6, 6.07) is 7.63. The largest absolute Gasteiger partial charge is 0.738 e. The molecular weight excluding hydrogens is 364 g/mol. The highest BCUT2D eigenvalue weighted by atomic mass is 32.2. The van der Waals surface area contributed by atoms with Gasteiger partial charge in [-0.25, -0.2) is 16.8 Å². The molecule has 9 heteroatoms. The molecule has 25 heavy (non-hydrogen) atoms. The minimum Gasteiger partial charge on any atom is -0.738 e. The van der Waals surface area contributed by atoms with Crippen molar-refractivity contribution in [2.45, 2.75) is 42.2 Å². The van der Waals surface area contributed by atoms with Crippen molar-refractivity contribution in [3.63, 3.8) is 0 Å². The average Bonchev–Trinajstić information content (AvgIpc) is 2.63. The first-order chi connectivity index (χ1) is 11.8.